The minimum atomic E-state index is -5.04. The second-order valence-corrected chi connectivity index (χ2v) is 14.5. The molecule has 0 radical (unpaired) electrons. The van der Waals surface area contributed by atoms with Crippen LogP contribution < -0.4 is 11.1 Å². The molecule has 6 aromatic rings. The van der Waals surface area contributed by atoms with Crippen molar-refractivity contribution in [3.05, 3.63) is 95.5 Å². The zero-order valence-electron chi connectivity index (χ0n) is 26.7. The van der Waals surface area contributed by atoms with Gasteiger partial charge < -0.3 is 16.2 Å². The fourth-order valence-corrected chi connectivity index (χ4v) is 7.04. The Morgan fingerprint density at radius 2 is 1.56 bits per heavy atom. The molecule has 52 heavy (non-hydrogen) atoms. The first-order chi connectivity index (χ1) is 24.5. The number of hydrogen-bond acceptors (Lipinski definition) is 16. The molecule has 0 bridgehead atoms. The van der Waals surface area contributed by atoms with Crippen molar-refractivity contribution >= 4 is 94.1 Å². The van der Waals surface area contributed by atoms with E-state index in [9.17, 15) is 31.0 Å². The number of nitrogen functional groups attached to an aromatic ring is 1. The van der Waals surface area contributed by atoms with Crippen LogP contribution in [0.5, 0.6) is 5.75 Å². The smallest absolute Gasteiger partial charge is 0.297 e. The van der Waals surface area contributed by atoms with Crippen LogP contribution in [0.4, 0.5) is 28.7 Å². The zero-order valence-corrected chi connectivity index (χ0v) is 29.9. The Morgan fingerprint density at radius 3 is 2.19 bits per heavy atom. The van der Waals surface area contributed by atoms with E-state index in [2.05, 4.69) is 39.9 Å². The summed E-state index contributed by atoms with van der Waals surface area (Å²) in [6.07, 6.45) is 0. The highest BCUT2D eigenvalue weighted by Crippen LogP contribution is 2.45. The van der Waals surface area contributed by atoms with Crippen LogP contribution in [0.25, 0.3) is 21.5 Å². The average Bonchev–Trinajstić information content (AvgIpc) is 3.06. The number of halogens is 1. The van der Waals surface area contributed by atoms with Gasteiger partial charge in [-0.1, -0.05) is 40.9 Å². The SMILES string of the molecule is Cc1ccc(N)cc1.Cc1nc(Cl)nc(Nc2ccc3c(O)c(N=Nc4ccc5c(S(=O)(=O)O)cccc5c4S(=O)(=O)O)c(SOOO)cc3c2)n1. The maximum Gasteiger partial charge on any atom is 0.297 e. The molecule has 1 aromatic heterocycles. The maximum absolute atomic E-state index is 12.4. The summed E-state index contributed by atoms with van der Waals surface area (Å²) in [6.45, 7) is 3.67. The predicted octanol–water partition coefficient (Wildman–Crippen LogP) is 7.50. The number of phenolic OH excluding ortho intramolecular Hbond substituents is 1. The van der Waals surface area contributed by atoms with Gasteiger partial charge in [0.15, 0.2) is 5.75 Å². The Balaban J connectivity index is 0.000000577. The number of benzene rings is 5. The lowest BCUT2D eigenvalue weighted by Crippen LogP contribution is -2.03. The molecule has 5 aromatic carbocycles. The normalized spacial score (nSPS) is 11.9. The van der Waals surface area contributed by atoms with Crippen molar-refractivity contribution in [2.75, 3.05) is 11.1 Å². The summed E-state index contributed by atoms with van der Waals surface area (Å²) >= 11 is 6.32. The number of aromatic nitrogens is 3. The number of fused-ring (bicyclic) bond motifs is 2. The van der Waals surface area contributed by atoms with Gasteiger partial charge in [0.05, 0.1) is 16.9 Å². The minimum absolute atomic E-state index is 0.0179. The van der Waals surface area contributed by atoms with Gasteiger partial charge in [0.25, 0.3) is 20.2 Å². The first-order valence-electron chi connectivity index (χ1n) is 14.4. The van der Waals surface area contributed by atoms with E-state index in [-0.39, 0.29) is 38.0 Å². The summed E-state index contributed by atoms with van der Waals surface area (Å²) in [5.74, 6) is 0.101. The van der Waals surface area contributed by atoms with Gasteiger partial charge in [-0.05, 0) is 79.4 Å². The van der Waals surface area contributed by atoms with Crippen LogP contribution in [0.2, 0.25) is 5.28 Å². The van der Waals surface area contributed by atoms with E-state index in [1.165, 1.54) is 23.8 Å². The molecule has 0 fully saturated rings. The molecule has 0 spiro atoms. The van der Waals surface area contributed by atoms with Crippen molar-refractivity contribution in [1.29, 1.82) is 0 Å². The molecule has 17 nitrogen and oxygen atoms in total. The first kappa shape index (κ1) is 38.2. The zero-order chi connectivity index (χ0) is 37.8. The van der Waals surface area contributed by atoms with E-state index < -0.39 is 41.5 Å². The van der Waals surface area contributed by atoms with E-state index >= 15 is 0 Å². The maximum atomic E-state index is 12.4. The van der Waals surface area contributed by atoms with Gasteiger partial charge in [-0.25, -0.2) is 10.2 Å². The molecule has 0 saturated heterocycles. The number of azo groups is 1. The van der Waals surface area contributed by atoms with Crippen LogP contribution in [0.3, 0.4) is 0 Å². The van der Waals surface area contributed by atoms with E-state index in [0.29, 0.717) is 28.9 Å². The molecule has 0 saturated carbocycles. The lowest BCUT2D eigenvalue weighted by atomic mass is 10.1. The third-order valence-corrected chi connectivity index (χ3v) is 9.65. The molecule has 0 unspecified atom stereocenters. The molecule has 7 N–H and O–H groups in total. The van der Waals surface area contributed by atoms with Gasteiger partial charge in [-0.3, -0.25) is 9.11 Å². The Hall–Kier alpha value is -5.03. The second kappa shape index (κ2) is 15.7. The Kier molecular flexibility index (Phi) is 11.5. The third-order valence-electron chi connectivity index (χ3n) is 7.00. The number of aryl methyl sites for hydroxylation is 2. The summed E-state index contributed by atoms with van der Waals surface area (Å²) in [7, 11) is -9.80. The fourth-order valence-electron chi connectivity index (χ4n) is 4.81. The molecular weight excluding hydrogens is 762 g/mol. The topological polar surface area (TPSA) is 269 Å². The van der Waals surface area contributed by atoms with Gasteiger partial charge in [0.1, 0.15) is 27.0 Å². The van der Waals surface area contributed by atoms with E-state index in [1.54, 1.807) is 19.1 Å². The molecule has 21 heteroatoms. The minimum Gasteiger partial charge on any atom is -0.505 e. The molecule has 0 aliphatic heterocycles. The lowest BCUT2D eigenvalue weighted by Gasteiger charge is -2.12. The molecular formula is C31H26ClN7O10S3. The predicted molar refractivity (Wildman–Crippen MR) is 192 cm³/mol. The number of rotatable bonds is 9. The van der Waals surface area contributed by atoms with Gasteiger partial charge in [-0.2, -0.15) is 26.8 Å². The van der Waals surface area contributed by atoms with Crippen LogP contribution in [0, 0.1) is 13.8 Å². The van der Waals surface area contributed by atoms with Crippen molar-refractivity contribution in [1.82, 2.24) is 15.0 Å². The van der Waals surface area contributed by atoms with Gasteiger partial charge in [0, 0.05) is 27.5 Å². The number of hydrogen-bond donors (Lipinski definition) is 6. The molecule has 270 valence electrons. The number of nitrogens with one attached hydrogen (secondary N) is 1. The highest BCUT2D eigenvalue weighted by atomic mass is 35.5. The Labute approximate surface area is 304 Å². The van der Waals surface area contributed by atoms with Crippen molar-refractivity contribution in [2.45, 2.75) is 28.5 Å². The highest BCUT2D eigenvalue weighted by Gasteiger charge is 2.24. The highest BCUT2D eigenvalue weighted by molar-refractivity contribution is 7.94. The van der Waals surface area contributed by atoms with Crippen LogP contribution in [-0.2, 0) is 29.6 Å². The largest absolute Gasteiger partial charge is 0.505 e. The van der Waals surface area contributed by atoms with E-state index in [0.717, 1.165) is 30.0 Å². The summed E-state index contributed by atoms with van der Waals surface area (Å²) in [5, 5.41) is 34.5. The van der Waals surface area contributed by atoms with E-state index in [1.807, 2.05) is 31.2 Å². The fraction of sp³-hybridized carbons (Fsp3) is 0.0645. The monoisotopic (exact) mass is 787 g/mol. The number of nitrogens with zero attached hydrogens (tertiary/aromatic N) is 5. The molecule has 1 heterocycles. The van der Waals surface area contributed by atoms with Gasteiger partial charge >= 0.3 is 0 Å². The summed E-state index contributed by atoms with van der Waals surface area (Å²) in [6, 6.07) is 19.6. The Morgan fingerprint density at radius 1 is 0.846 bits per heavy atom. The van der Waals surface area contributed by atoms with Gasteiger partial charge in [-0.15, -0.1) is 14.6 Å². The molecule has 0 aliphatic carbocycles. The standard InChI is InChI=1S/C24H17ClN6O10S3.C7H9N/c1-11-26-23(25)29-24(27-11)28-13-5-6-14-12(9-13)10-18(42-41-40-33)20(21(14)32)31-30-17-8-7-15-16(22(17)44(37,38)39)3-2-4-19(15)43(34,35)36;1-6-2-4-7(8)5-3-6/h2-10,32-33H,1H3,(H,34,35,36)(H,37,38,39)(H,26,27,28,29);2-5H,8H2,1H3. The average molecular weight is 788 g/mol. The first-order valence-corrected chi connectivity index (χ1v) is 18.4. The lowest BCUT2D eigenvalue weighted by molar-refractivity contribution is -0.432. The van der Waals surface area contributed by atoms with Crippen molar-refractivity contribution in [2.24, 2.45) is 10.2 Å². The number of phenols is 1. The second-order valence-electron chi connectivity index (χ2n) is 10.7. The van der Waals surface area contributed by atoms with Gasteiger partial charge in [0.2, 0.25) is 11.2 Å². The Bertz CT molecular complexity index is 2520. The molecule has 0 atom stereocenters. The quantitative estimate of drug-likeness (QED) is 0.0207. The number of anilines is 3. The third kappa shape index (κ3) is 9.06. The van der Waals surface area contributed by atoms with Crippen molar-refractivity contribution < 1.29 is 45.7 Å². The molecule has 6 rings (SSSR count). The van der Waals surface area contributed by atoms with E-state index in [4.69, 9.17) is 22.6 Å². The van der Waals surface area contributed by atoms with Crippen LogP contribution in [0.1, 0.15) is 11.4 Å². The van der Waals surface area contributed by atoms with Crippen LogP contribution in [-0.4, -0.2) is 51.3 Å². The number of nitrogens with two attached hydrogens (primary N) is 1. The molecule has 0 aliphatic rings. The summed E-state index contributed by atoms with van der Waals surface area (Å²) in [5.41, 5.74) is 7.30. The summed E-state index contributed by atoms with van der Waals surface area (Å²) < 4.78 is 72.5. The molecule has 0 amide bonds. The van der Waals surface area contributed by atoms with Crippen molar-refractivity contribution in [3.8, 4) is 5.75 Å². The van der Waals surface area contributed by atoms with Crippen LogP contribution in [0.15, 0.2) is 104 Å². The number of aromatic hydroxyl groups is 1. The van der Waals surface area contributed by atoms with Crippen LogP contribution >= 0.6 is 23.6 Å². The summed E-state index contributed by atoms with van der Waals surface area (Å²) in [4.78, 5) is 10.7. The van der Waals surface area contributed by atoms with Crippen molar-refractivity contribution in [3.63, 3.8) is 0 Å².